The fourth-order valence-electron chi connectivity index (χ4n) is 1.47. The highest BCUT2D eigenvalue weighted by Gasteiger charge is 2.16. The molecule has 0 unspecified atom stereocenters. The molecule has 0 atom stereocenters. The maximum Gasteiger partial charge on any atom is 0.149 e. The van der Waals surface area contributed by atoms with Crippen molar-refractivity contribution in [1.82, 2.24) is 4.98 Å². The normalized spacial score (nSPS) is 15.8. The van der Waals surface area contributed by atoms with Crippen LogP contribution in [0.1, 0.15) is 5.01 Å². The zero-order chi connectivity index (χ0) is 11.1. The first-order valence-electron chi connectivity index (χ1n) is 4.71. The van der Waals surface area contributed by atoms with Crippen LogP contribution in [0.5, 0.6) is 5.75 Å². The van der Waals surface area contributed by atoms with E-state index in [9.17, 15) is 5.11 Å². The van der Waals surface area contributed by atoms with Gasteiger partial charge in [0.25, 0.3) is 0 Å². The summed E-state index contributed by atoms with van der Waals surface area (Å²) in [6, 6.07) is 5.19. The lowest BCUT2D eigenvalue weighted by atomic mass is 10.3. The monoisotopic (exact) mass is 248 g/mol. The van der Waals surface area contributed by atoms with Gasteiger partial charge in [-0.25, -0.2) is 9.98 Å². The van der Waals surface area contributed by atoms with Gasteiger partial charge in [0.2, 0.25) is 0 Å². The molecule has 0 spiro atoms. The number of thiazole rings is 1. The van der Waals surface area contributed by atoms with E-state index in [1.54, 1.807) is 35.2 Å². The first-order valence-corrected chi connectivity index (χ1v) is 6.52. The number of aromatic hydroxyl groups is 1. The van der Waals surface area contributed by atoms with E-state index >= 15 is 0 Å². The Kier molecular flexibility index (Phi) is 2.22. The molecular formula is C11H8N2OS2. The molecule has 0 saturated carbocycles. The van der Waals surface area contributed by atoms with Crippen molar-refractivity contribution in [1.29, 1.82) is 0 Å². The Labute approximate surface area is 101 Å². The van der Waals surface area contributed by atoms with Gasteiger partial charge in [-0.3, -0.25) is 0 Å². The van der Waals surface area contributed by atoms with Gasteiger partial charge in [-0.2, -0.15) is 0 Å². The van der Waals surface area contributed by atoms with Crippen LogP contribution in [0.15, 0.2) is 35.5 Å². The lowest BCUT2D eigenvalue weighted by Crippen LogP contribution is -1.88. The minimum Gasteiger partial charge on any atom is -0.508 e. The van der Waals surface area contributed by atoms with Gasteiger partial charge in [-0.05, 0) is 18.2 Å². The Bertz CT molecular complexity index is 615. The van der Waals surface area contributed by atoms with Gasteiger partial charge in [-0.15, -0.1) is 11.3 Å². The topological polar surface area (TPSA) is 45.5 Å². The molecule has 0 bridgehead atoms. The summed E-state index contributed by atoms with van der Waals surface area (Å²) >= 11 is 3.21. The SMILES string of the molecule is C=C1CSC(c2nc3ccc(O)cc3s2)=N1. The predicted octanol–water partition coefficient (Wildman–Crippen LogP) is 3.01. The van der Waals surface area contributed by atoms with Gasteiger partial charge in [0, 0.05) is 11.4 Å². The van der Waals surface area contributed by atoms with Crippen molar-refractivity contribution in [3.63, 3.8) is 0 Å². The number of aromatic nitrogens is 1. The molecule has 1 aromatic heterocycles. The van der Waals surface area contributed by atoms with Crippen molar-refractivity contribution in [3.8, 4) is 5.75 Å². The molecular weight excluding hydrogens is 240 g/mol. The third-order valence-corrected chi connectivity index (χ3v) is 4.38. The molecule has 0 aliphatic carbocycles. The molecule has 2 aromatic rings. The Morgan fingerprint density at radius 1 is 1.38 bits per heavy atom. The molecule has 16 heavy (non-hydrogen) atoms. The maximum atomic E-state index is 9.38. The fourth-order valence-corrected chi connectivity index (χ4v) is 3.39. The number of phenols is 1. The summed E-state index contributed by atoms with van der Waals surface area (Å²) in [7, 11) is 0. The largest absolute Gasteiger partial charge is 0.508 e. The van der Waals surface area contributed by atoms with Gasteiger partial charge in [0.1, 0.15) is 15.8 Å². The maximum absolute atomic E-state index is 9.38. The number of rotatable bonds is 1. The highest BCUT2D eigenvalue weighted by molar-refractivity contribution is 8.15. The smallest absolute Gasteiger partial charge is 0.149 e. The molecule has 5 heteroatoms. The van der Waals surface area contributed by atoms with Crippen molar-refractivity contribution < 1.29 is 5.11 Å². The van der Waals surface area contributed by atoms with E-state index in [1.807, 2.05) is 6.07 Å². The molecule has 1 aromatic carbocycles. The zero-order valence-corrected chi connectivity index (χ0v) is 9.94. The molecule has 3 nitrogen and oxygen atoms in total. The Morgan fingerprint density at radius 2 is 2.25 bits per heavy atom. The lowest BCUT2D eigenvalue weighted by molar-refractivity contribution is 0.476. The average Bonchev–Trinajstić information content (AvgIpc) is 2.83. The molecule has 0 saturated heterocycles. The van der Waals surface area contributed by atoms with E-state index in [0.717, 1.165) is 31.7 Å². The van der Waals surface area contributed by atoms with Crippen LogP contribution in [0, 0.1) is 0 Å². The van der Waals surface area contributed by atoms with E-state index in [-0.39, 0.29) is 5.75 Å². The Morgan fingerprint density at radius 3 is 3.00 bits per heavy atom. The van der Waals surface area contributed by atoms with Crippen LogP contribution in [0.25, 0.3) is 10.2 Å². The van der Waals surface area contributed by atoms with Crippen LogP contribution in [-0.2, 0) is 0 Å². The van der Waals surface area contributed by atoms with Crippen LogP contribution in [-0.4, -0.2) is 20.9 Å². The Hall–Kier alpha value is -1.33. The highest BCUT2D eigenvalue weighted by Crippen LogP contribution is 2.31. The number of phenolic OH excluding ortho intramolecular Hbond substituents is 1. The molecule has 0 fully saturated rings. The first kappa shape index (κ1) is 9.86. The quantitative estimate of drug-likeness (QED) is 0.843. The standard InChI is InChI=1S/C11H8N2OS2/c1-6-5-15-10(12-6)11-13-8-3-2-7(14)4-9(8)16-11/h2-4,14H,1,5H2. The van der Waals surface area contributed by atoms with Gasteiger partial charge in [0.05, 0.1) is 10.2 Å². The first-order chi connectivity index (χ1) is 7.72. The molecule has 1 aliphatic heterocycles. The van der Waals surface area contributed by atoms with E-state index in [4.69, 9.17) is 0 Å². The van der Waals surface area contributed by atoms with Gasteiger partial charge < -0.3 is 5.11 Å². The summed E-state index contributed by atoms with van der Waals surface area (Å²) in [6.45, 7) is 3.83. The molecule has 1 aliphatic rings. The van der Waals surface area contributed by atoms with Gasteiger partial charge >= 0.3 is 0 Å². The number of benzene rings is 1. The van der Waals surface area contributed by atoms with E-state index < -0.39 is 0 Å². The third kappa shape index (κ3) is 1.62. The second-order valence-corrected chi connectivity index (χ2v) is 5.44. The minimum atomic E-state index is 0.271. The number of thioether (sulfide) groups is 1. The van der Waals surface area contributed by atoms with E-state index in [2.05, 4.69) is 16.6 Å². The summed E-state index contributed by atoms with van der Waals surface area (Å²) in [6.07, 6.45) is 0. The van der Waals surface area contributed by atoms with Crippen LogP contribution in [0.4, 0.5) is 0 Å². The second kappa shape index (κ2) is 3.61. The van der Waals surface area contributed by atoms with Crippen molar-refractivity contribution >= 4 is 38.4 Å². The molecule has 3 rings (SSSR count). The Balaban J connectivity index is 2.12. The minimum absolute atomic E-state index is 0.271. The summed E-state index contributed by atoms with van der Waals surface area (Å²) < 4.78 is 0.982. The summed E-state index contributed by atoms with van der Waals surface area (Å²) in [5.74, 6) is 1.12. The van der Waals surface area contributed by atoms with Gasteiger partial charge in [-0.1, -0.05) is 18.3 Å². The summed E-state index contributed by atoms with van der Waals surface area (Å²) in [5.41, 5.74) is 1.79. The van der Waals surface area contributed by atoms with Crippen LogP contribution < -0.4 is 0 Å². The molecule has 80 valence electrons. The fraction of sp³-hybridized carbons (Fsp3) is 0.0909. The summed E-state index contributed by atoms with van der Waals surface area (Å²) in [5, 5.41) is 11.2. The number of fused-ring (bicyclic) bond motifs is 1. The zero-order valence-electron chi connectivity index (χ0n) is 8.30. The van der Waals surface area contributed by atoms with E-state index in [1.165, 1.54) is 0 Å². The molecule has 1 N–H and O–H groups in total. The molecule has 2 heterocycles. The van der Waals surface area contributed by atoms with Crippen molar-refractivity contribution in [2.45, 2.75) is 0 Å². The van der Waals surface area contributed by atoms with Crippen LogP contribution in [0.2, 0.25) is 0 Å². The predicted molar refractivity (Wildman–Crippen MR) is 69.4 cm³/mol. The average molecular weight is 248 g/mol. The summed E-state index contributed by atoms with van der Waals surface area (Å²) in [4.78, 5) is 8.83. The van der Waals surface area contributed by atoms with Crippen LogP contribution in [0.3, 0.4) is 0 Å². The van der Waals surface area contributed by atoms with E-state index in [0.29, 0.717) is 0 Å². The second-order valence-electron chi connectivity index (χ2n) is 3.44. The third-order valence-electron chi connectivity index (χ3n) is 2.19. The van der Waals surface area contributed by atoms with Crippen LogP contribution >= 0.6 is 23.1 Å². The molecule has 0 amide bonds. The number of aliphatic imine (C=N–C) groups is 1. The highest BCUT2D eigenvalue weighted by atomic mass is 32.2. The molecule has 0 radical (unpaired) electrons. The lowest BCUT2D eigenvalue weighted by Gasteiger charge is -1.88. The van der Waals surface area contributed by atoms with Crippen molar-refractivity contribution in [3.05, 3.63) is 35.5 Å². The van der Waals surface area contributed by atoms with Crippen molar-refractivity contribution in [2.24, 2.45) is 4.99 Å². The number of hydrogen-bond acceptors (Lipinski definition) is 5. The number of hydrogen-bond donors (Lipinski definition) is 1. The van der Waals surface area contributed by atoms with Crippen molar-refractivity contribution in [2.75, 3.05) is 5.75 Å². The van der Waals surface area contributed by atoms with Gasteiger partial charge in [0.15, 0.2) is 0 Å². The number of nitrogens with zero attached hydrogens (tertiary/aromatic N) is 2.